The predicted molar refractivity (Wildman–Crippen MR) is 113 cm³/mol. The molecule has 7 heteroatoms. The lowest BCUT2D eigenvalue weighted by atomic mass is 10.0. The molecule has 1 aromatic carbocycles. The van der Waals surface area contributed by atoms with E-state index in [2.05, 4.69) is 16.9 Å². The summed E-state index contributed by atoms with van der Waals surface area (Å²) in [6.07, 6.45) is 5.26. The second-order valence-electron chi connectivity index (χ2n) is 7.23. The van der Waals surface area contributed by atoms with Crippen LogP contribution in [0.15, 0.2) is 34.7 Å². The molecule has 1 aliphatic heterocycles. The van der Waals surface area contributed by atoms with Crippen LogP contribution >= 0.6 is 11.3 Å². The van der Waals surface area contributed by atoms with Gasteiger partial charge in [-0.3, -0.25) is 9.36 Å². The third-order valence-corrected chi connectivity index (χ3v) is 6.47. The number of nitrogens with zero attached hydrogens (tertiary/aromatic N) is 3. The first kappa shape index (κ1) is 19.0. The number of benzene rings is 1. The van der Waals surface area contributed by atoms with Gasteiger partial charge in [-0.15, -0.1) is 11.3 Å². The summed E-state index contributed by atoms with van der Waals surface area (Å²) >= 11 is 1.49. The highest BCUT2D eigenvalue weighted by molar-refractivity contribution is 7.17. The van der Waals surface area contributed by atoms with Crippen LogP contribution in [0, 0.1) is 0 Å². The second kappa shape index (κ2) is 7.93. The number of rotatable bonds is 5. The van der Waals surface area contributed by atoms with Gasteiger partial charge in [0.15, 0.2) is 11.5 Å². The maximum absolute atomic E-state index is 13.3. The first-order chi connectivity index (χ1) is 13.6. The summed E-state index contributed by atoms with van der Waals surface area (Å²) in [5.74, 6) is 1.31. The second-order valence-corrected chi connectivity index (χ2v) is 8.09. The lowest BCUT2D eigenvalue weighted by Gasteiger charge is -2.32. The van der Waals surface area contributed by atoms with Gasteiger partial charge in [-0.1, -0.05) is 12.5 Å². The Hall–Kier alpha value is -2.38. The summed E-state index contributed by atoms with van der Waals surface area (Å²) in [6.45, 7) is 1.77. The largest absolute Gasteiger partial charge is 0.493 e. The molecule has 1 atom stereocenters. The lowest BCUT2D eigenvalue weighted by molar-refractivity contribution is 0.166. The molecular formula is C21H25N3O3S. The van der Waals surface area contributed by atoms with Gasteiger partial charge in [0.1, 0.15) is 4.83 Å². The molecule has 3 aromatic rings. The summed E-state index contributed by atoms with van der Waals surface area (Å²) in [6, 6.07) is 6.11. The van der Waals surface area contributed by atoms with E-state index in [4.69, 9.17) is 9.47 Å². The molecule has 3 heterocycles. The Morgan fingerprint density at radius 1 is 1.21 bits per heavy atom. The van der Waals surface area contributed by atoms with E-state index in [0.717, 1.165) is 28.9 Å². The maximum atomic E-state index is 13.3. The van der Waals surface area contributed by atoms with Gasteiger partial charge in [-0.2, -0.15) is 0 Å². The maximum Gasteiger partial charge on any atom is 0.262 e. The minimum Gasteiger partial charge on any atom is -0.493 e. The van der Waals surface area contributed by atoms with Gasteiger partial charge in [0.2, 0.25) is 0 Å². The number of aromatic nitrogens is 2. The van der Waals surface area contributed by atoms with E-state index in [-0.39, 0.29) is 5.56 Å². The smallest absolute Gasteiger partial charge is 0.262 e. The van der Waals surface area contributed by atoms with Crippen LogP contribution in [0.4, 0.5) is 0 Å². The highest BCUT2D eigenvalue weighted by atomic mass is 32.1. The molecule has 1 aliphatic rings. The number of likely N-dealkylation sites (tertiary alicyclic amines) is 1. The Bertz CT molecular complexity index is 1040. The van der Waals surface area contributed by atoms with Gasteiger partial charge in [0.05, 0.1) is 25.9 Å². The summed E-state index contributed by atoms with van der Waals surface area (Å²) in [7, 11) is 5.37. The molecule has 4 rings (SSSR count). The van der Waals surface area contributed by atoms with Gasteiger partial charge in [0.25, 0.3) is 5.56 Å². The SMILES string of the molecule is COc1ccc(-c2csc3ncn(C[C@H]4CCCCN4C)c(=O)c23)cc1OC. The molecule has 0 saturated carbocycles. The zero-order valence-corrected chi connectivity index (χ0v) is 17.3. The molecular weight excluding hydrogens is 374 g/mol. The number of likely N-dealkylation sites (N-methyl/N-ethyl adjacent to an activating group) is 1. The first-order valence-corrected chi connectivity index (χ1v) is 10.4. The first-order valence-electron chi connectivity index (χ1n) is 9.51. The molecule has 0 spiro atoms. The fraction of sp³-hybridized carbons (Fsp3) is 0.429. The molecule has 1 fully saturated rings. The normalized spacial score (nSPS) is 17.8. The number of thiophene rings is 1. The van der Waals surface area contributed by atoms with Crippen molar-refractivity contribution in [2.75, 3.05) is 27.8 Å². The van der Waals surface area contributed by atoms with Crippen LogP contribution in [0.2, 0.25) is 0 Å². The summed E-state index contributed by atoms with van der Waals surface area (Å²) in [5.41, 5.74) is 1.84. The minimum atomic E-state index is 0.0232. The average Bonchev–Trinajstić information content (AvgIpc) is 3.16. The molecule has 0 radical (unpaired) electrons. The topological polar surface area (TPSA) is 56.6 Å². The third kappa shape index (κ3) is 3.40. The van der Waals surface area contributed by atoms with Crippen molar-refractivity contribution in [1.82, 2.24) is 14.5 Å². The van der Waals surface area contributed by atoms with Crippen LogP contribution in [0.3, 0.4) is 0 Å². The zero-order valence-electron chi connectivity index (χ0n) is 16.5. The standard InChI is InChI=1S/C21H25N3O3S/c1-23-9-5-4-6-15(23)11-24-13-22-20-19(21(24)25)16(12-28-20)14-7-8-17(26-2)18(10-14)27-3/h7-8,10,12-13,15H,4-6,9,11H2,1-3H3/t15-/m1/s1. The summed E-state index contributed by atoms with van der Waals surface area (Å²) in [4.78, 5) is 21.0. The summed E-state index contributed by atoms with van der Waals surface area (Å²) < 4.78 is 12.5. The van der Waals surface area contributed by atoms with E-state index in [1.54, 1.807) is 25.1 Å². The number of piperidine rings is 1. The van der Waals surface area contributed by atoms with Crippen molar-refractivity contribution in [1.29, 1.82) is 0 Å². The van der Waals surface area contributed by atoms with Crippen molar-refractivity contribution >= 4 is 21.6 Å². The van der Waals surface area contributed by atoms with Crippen molar-refractivity contribution in [2.45, 2.75) is 31.8 Å². The fourth-order valence-electron chi connectivity index (χ4n) is 3.92. The van der Waals surface area contributed by atoms with Gasteiger partial charge in [-0.25, -0.2) is 4.98 Å². The number of hydrogen-bond donors (Lipinski definition) is 0. The summed E-state index contributed by atoms with van der Waals surface area (Å²) in [5, 5.41) is 2.68. The van der Waals surface area contributed by atoms with E-state index in [1.807, 2.05) is 23.6 Å². The zero-order chi connectivity index (χ0) is 19.7. The molecule has 0 amide bonds. The van der Waals surface area contributed by atoms with Crippen LogP contribution in [-0.2, 0) is 6.54 Å². The number of ether oxygens (including phenoxy) is 2. The molecule has 2 aromatic heterocycles. The monoisotopic (exact) mass is 399 g/mol. The average molecular weight is 400 g/mol. The third-order valence-electron chi connectivity index (χ3n) is 5.58. The molecule has 0 N–H and O–H groups in total. The fourth-order valence-corrected chi connectivity index (χ4v) is 4.82. The lowest BCUT2D eigenvalue weighted by Crippen LogP contribution is -2.41. The van der Waals surface area contributed by atoms with Gasteiger partial charge in [-0.05, 0) is 44.1 Å². The van der Waals surface area contributed by atoms with Crippen LogP contribution < -0.4 is 15.0 Å². The van der Waals surface area contributed by atoms with Crippen molar-refractivity contribution in [3.8, 4) is 22.6 Å². The van der Waals surface area contributed by atoms with Crippen LogP contribution in [-0.4, -0.2) is 48.3 Å². The van der Waals surface area contributed by atoms with Gasteiger partial charge >= 0.3 is 0 Å². The van der Waals surface area contributed by atoms with Crippen molar-refractivity contribution in [3.05, 3.63) is 40.3 Å². The molecule has 1 saturated heterocycles. The van der Waals surface area contributed by atoms with Crippen molar-refractivity contribution in [2.24, 2.45) is 0 Å². The Morgan fingerprint density at radius 2 is 2.04 bits per heavy atom. The Labute approximate surface area is 168 Å². The predicted octanol–water partition coefficient (Wildman–Crippen LogP) is 3.63. The van der Waals surface area contributed by atoms with Crippen LogP contribution in [0.1, 0.15) is 19.3 Å². The molecule has 6 nitrogen and oxygen atoms in total. The van der Waals surface area contributed by atoms with Crippen molar-refractivity contribution < 1.29 is 9.47 Å². The Kier molecular flexibility index (Phi) is 5.37. The highest BCUT2D eigenvalue weighted by Crippen LogP contribution is 2.36. The van der Waals surface area contributed by atoms with E-state index in [1.165, 1.54) is 24.2 Å². The number of fused-ring (bicyclic) bond motifs is 1. The van der Waals surface area contributed by atoms with Gasteiger partial charge < -0.3 is 14.4 Å². The van der Waals surface area contributed by atoms with E-state index in [0.29, 0.717) is 29.5 Å². The van der Waals surface area contributed by atoms with Gasteiger partial charge in [0, 0.05) is 23.5 Å². The Morgan fingerprint density at radius 3 is 2.79 bits per heavy atom. The van der Waals surface area contributed by atoms with Crippen LogP contribution in [0.5, 0.6) is 11.5 Å². The molecule has 0 bridgehead atoms. The minimum absolute atomic E-state index is 0.0232. The van der Waals surface area contributed by atoms with Crippen molar-refractivity contribution in [3.63, 3.8) is 0 Å². The Balaban J connectivity index is 1.76. The number of hydrogen-bond acceptors (Lipinski definition) is 6. The molecule has 0 unspecified atom stereocenters. The number of methoxy groups -OCH3 is 2. The highest BCUT2D eigenvalue weighted by Gasteiger charge is 2.21. The van der Waals surface area contributed by atoms with E-state index >= 15 is 0 Å². The molecule has 0 aliphatic carbocycles. The molecule has 28 heavy (non-hydrogen) atoms. The van der Waals surface area contributed by atoms with E-state index in [9.17, 15) is 4.79 Å². The molecule has 148 valence electrons. The van der Waals surface area contributed by atoms with Crippen LogP contribution in [0.25, 0.3) is 21.3 Å². The van der Waals surface area contributed by atoms with E-state index < -0.39 is 0 Å². The quantitative estimate of drug-likeness (QED) is 0.656.